The summed E-state index contributed by atoms with van der Waals surface area (Å²) in [5.41, 5.74) is -2.30. The van der Waals surface area contributed by atoms with E-state index in [2.05, 4.69) is 0 Å². The molecule has 0 unspecified atom stereocenters. The second-order valence-electron chi connectivity index (χ2n) is 7.65. The number of fused-ring (bicyclic) bond motifs is 2. The fraction of sp³-hybridized carbons (Fsp3) is 0.765. The molecule has 7 atom stereocenters. The molecule has 2 aliphatic heterocycles. The fourth-order valence-electron chi connectivity index (χ4n) is 5.30. The van der Waals surface area contributed by atoms with Crippen LogP contribution >= 0.6 is 0 Å². The van der Waals surface area contributed by atoms with Crippen LogP contribution in [0.2, 0.25) is 0 Å². The Bertz CT molecular complexity index is 651. The zero-order valence-corrected chi connectivity index (χ0v) is 13.9. The number of carbonyl (C=O) groups is 2. The lowest BCUT2D eigenvalue weighted by molar-refractivity contribution is -0.244. The third kappa shape index (κ3) is 1.57. The molecule has 4 rings (SSSR count). The number of aliphatic hydroxyl groups is 2. The van der Waals surface area contributed by atoms with Gasteiger partial charge in [-0.2, -0.15) is 0 Å². The van der Waals surface area contributed by atoms with Crippen LogP contribution < -0.4 is 0 Å². The Morgan fingerprint density at radius 1 is 1.50 bits per heavy atom. The van der Waals surface area contributed by atoms with Crippen molar-refractivity contribution in [3.63, 3.8) is 0 Å². The van der Waals surface area contributed by atoms with Crippen LogP contribution in [0, 0.1) is 10.8 Å². The maximum atomic E-state index is 12.4. The number of rotatable bonds is 2. The molecule has 0 aromatic rings. The summed E-state index contributed by atoms with van der Waals surface area (Å²) in [6.45, 7) is 4.83. The number of ether oxygens (including phenoxy) is 3. The first-order chi connectivity index (χ1) is 11.2. The summed E-state index contributed by atoms with van der Waals surface area (Å²) in [5.74, 6) is -0.824. The third-order valence-corrected chi connectivity index (χ3v) is 6.73. The van der Waals surface area contributed by atoms with E-state index in [1.165, 1.54) is 6.92 Å². The van der Waals surface area contributed by atoms with Gasteiger partial charge in [-0.05, 0) is 25.0 Å². The van der Waals surface area contributed by atoms with E-state index in [0.717, 1.165) is 0 Å². The Balaban J connectivity index is 1.87. The highest BCUT2D eigenvalue weighted by Crippen LogP contribution is 2.71. The van der Waals surface area contributed by atoms with E-state index in [-0.39, 0.29) is 0 Å². The molecule has 0 aromatic carbocycles. The van der Waals surface area contributed by atoms with E-state index in [4.69, 9.17) is 14.2 Å². The van der Waals surface area contributed by atoms with E-state index in [1.807, 2.05) is 6.92 Å². The van der Waals surface area contributed by atoms with Gasteiger partial charge in [0.1, 0.15) is 23.9 Å². The van der Waals surface area contributed by atoms with Crippen LogP contribution in [0.1, 0.15) is 27.2 Å². The first kappa shape index (κ1) is 16.2. The molecule has 2 aliphatic carbocycles. The average Bonchev–Trinajstić information content (AvgIpc) is 3.27. The van der Waals surface area contributed by atoms with Crippen LogP contribution in [-0.2, 0) is 23.8 Å². The molecule has 2 N–H and O–H groups in total. The molecular weight excluding hydrogens is 333 g/mol. The quantitative estimate of drug-likeness (QED) is 0.399. The van der Waals surface area contributed by atoms with E-state index < -0.39 is 59.2 Å². The number of epoxide rings is 1. The Morgan fingerprint density at radius 3 is 2.71 bits per heavy atom. The van der Waals surface area contributed by atoms with E-state index in [1.54, 1.807) is 13.0 Å². The van der Waals surface area contributed by atoms with Gasteiger partial charge < -0.3 is 24.4 Å². The monoisotopic (exact) mass is 355 g/mol. The molecule has 1 saturated carbocycles. The largest absolute Gasteiger partial charge is 0.460 e. The van der Waals surface area contributed by atoms with Crippen molar-refractivity contribution >= 4 is 11.8 Å². The summed E-state index contributed by atoms with van der Waals surface area (Å²) in [5, 5.41) is 21.1. The Kier molecular flexibility index (Phi) is 3.15. The van der Waals surface area contributed by atoms with E-state index in [0.29, 0.717) is 18.6 Å². The smallest absolute Gasteiger partial charge is 0.302 e. The SMILES string of the molecule is [13CH3][13C](=O)O[13C@@H]1[13CH2][13C@]2([13CH3])[13C@@]3([13CH2]O)[13C@H](O)[13C](=O)[13C]([13CH3])=[13CH][13C@H]3O[13C@H]1[13C@@]21[13CH2]O1. The van der Waals surface area contributed by atoms with Gasteiger partial charge in [0, 0.05) is 12.3 Å². The molecule has 7 heteroatoms. The fourth-order valence-corrected chi connectivity index (χ4v) is 5.30. The minimum absolute atomic E-state index is 0.367. The van der Waals surface area contributed by atoms with Crippen molar-refractivity contribution < 1.29 is 34.0 Å². The molecule has 24 heavy (non-hydrogen) atoms. The molecule has 3 fully saturated rings. The van der Waals surface area contributed by atoms with Crippen molar-refractivity contribution in [2.45, 2.75) is 57.2 Å². The zero-order valence-electron chi connectivity index (χ0n) is 13.9. The molecular formula is C17H22O7. The van der Waals surface area contributed by atoms with Gasteiger partial charge >= 0.3 is 5.97 Å². The van der Waals surface area contributed by atoms with Crippen molar-refractivity contribution in [3.05, 3.63) is 11.6 Å². The van der Waals surface area contributed by atoms with Crippen LogP contribution in [0.15, 0.2) is 11.6 Å². The number of ketones is 1. The lowest BCUT2D eigenvalue weighted by atomic mass is 10.5. The van der Waals surface area contributed by atoms with Gasteiger partial charge in [-0.15, -0.1) is 0 Å². The summed E-state index contributed by atoms with van der Waals surface area (Å²) in [6, 6.07) is 0. The van der Waals surface area contributed by atoms with Crippen molar-refractivity contribution in [2.75, 3.05) is 13.2 Å². The zero-order chi connectivity index (χ0) is 17.5. The molecule has 0 radical (unpaired) electrons. The number of hydrogen-bond donors (Lipinski definition) is 2. The minimum Gasteiger partial charge on any atom is -0.460 e. The van der Waals surface area contributed by atoms with Crippen LogP contribution in [0.3, 0.4) is 0 Å². The highest BCUT2D eigenvalue weighted by atomic mass is 16.9. The van der Waals surface area contributed by atoms with Crippen LogP contribution in [0.4, 0.5) is 0 Å². The molecule has 2 bridgehead atoms. The maximum absolute atomic E-state index is 12.4. The number of carbonyl (C=O) groups excluding carboxylic acids is 2. The predicted octanol–water partition coefficient (Wildman–Crippen LogP) is -0.267. The molecule has 4 aliphatic rings. The molecule has 1 spiro atoms. The van der Waals surface area contributed by atoms with Crippen LogP contribution in [-0.4, -0.2) is 65.2 Å². The summed E-state index contributed by atoms with van der Waals surface area (Å²) >= 11 is 0. The summed E-state index contributed by atoms with van der Waals surface area (Å²) in [4.78, 5) is 23.9. The highest BCUT2D eigenvalue weighted by Gasteiger charge is 2.83. The highest BCUT2D eigenvalue weighted by molar-refractivity contribution is 6.00. The Morgan fingerprint density at radius 2 is 2.17 bits per heavy atom. The first-order valence-electron chi connectivity index (χ1n) is 8.22. The molecule has 132 valence electrons. The van der Waals surface area contributed by atoms with Crippen molar-refractivity contribution in [1.82, 2.24) is 0 Å². The summed E-state index contributed by atoms with van der Waals surface area (Å²) < 4.78 is 17.4. The van der Waals surface area contributed by atoms with E-state index >= 15 is 0 Å². The first-order valence-corrected chi connectivity index (χ1v) is 8.22. The van der Waals surface area contributed by atoms with Gasteiger partial charge in [0.2, 0.25) is 0 Å². The van der Waals surface area contributed by atoms with Crippen molar-refractivity contribution in [3.8, 4) is 0 Å². The van der Waals surface area contributed by atoms with Gasteiger partial charge in [0.25, 0.3) is 0 Å². The number of esters is 1. The topological polar surface area (TPSA) is 106 Å². The normalized spacial score (nSPS) is 52.0. The van der Waals surface area contributed by atoms with Gasteiger partial charge in [-0.3, -0.25) is 9.59 Å². The molecule has 7 nitrogen and oxygen atoms in total. The Hall–Kier alpha value is -1.28. The van der Waals surface area contributed by atoms with Crippen LogP contribution in [0.25, 0.3) is 0 Å². The molecule has 2 saturated heterocycles. The standard InChI is InChI=1S/C17H22O7/c1-8-4-11-16(6-18,13(21)12(8)20)15(3)5-10(23-9(2)19)14(24-11)17(15)7-22-17/h4,10-11,13-14,18,21H,5-7H2,1-3H3/t10-,11-,13-,14-,15-,16-,17+/m1/s1/i1+1,2+1,3+1,4+1,5+1,6+1,7+1,8+1,9+1,10+1,11+1,12+1,13+1,14+1,15+1,16+1,17+1. The number of Topliss-reactive ketones (excluding diaryl/α,β-unsaturated/α-hetero) is 1. The van der Waals surface area contributed by atoms with Crippen molar-refractivity contribution in [1.29, 1.82) is 0 Å². The predicted molar refractivity (Wildman–Crippen MR) is 79.9 cm³/mol. The van der Waals surface area contributed by atoms with Crippen LogP contribution in [0.5, 0.6) is 0 Å². The number of aliphatic hydroxyl groups excluding tert-OH is 2. The lowest BCUT2D eigenvalue weighted by Crippen LogP contribution is -2.70. The van der Waals surface area contributed by atoms with Gasteiger partial charge in [0.05, 0.1) is 24.7 Å². The Labute approximate surface area is 139 Å². The van der Waals surface area contributed by atoms with Gasteiger partial charge in [0.15, 0.2) is 5.78 Å². The maximum Gasteiger partial charge on any atom is 0.302 e. The lowest BCUT2D eigenvalue weighted by Gasteiger charge is -2.58. The third-order valence-electron chi connectivity index (χ3n) is 6.73. The summed E-state index contributed by atoms with van der Waals surface area (Å²) in [7, 11) is 0. The molecule has 0 aromatic heterocycles. The average molecular weight is 355 g/mol. The van der Waals surface area contributed by atoms with Crippen molar-refractivity contribution in [2.24, 2.45) is 10.8 Å². The summed E-state index contributed by atoms with van der Waals surface area (Å²) in [6.07, 6.45) is -0.991. The second-order valence-corrected chi connectivity index (χ2v) is 7.65. The van der Waals surface area contributed by atoms with E-state index in [9.17, 15) is 19.8 Å². The number of hydrogen-bond acceptors (Lipinski definition) is 7. The van der Waals surface area contributed by atoms with Gasteiger partial charge in [-0.1, -0.05) is 6.92 Å². The van der Waals surface area contributed by atoms with Gasteiger partial charge in [-0.25, -0.2) is 0 Å². The minimum atomic E-state index is -1.39. The molecule has 0 amide bonds. The molecule has 2 heterocycles. The second kappa shape index (κ2) is 4.66.